The molecule has 34 heavy (non-hydrogen) atoms. The van der Waals surface area contributed by atoms with E-state index in [0.29, 0.717) is 37.1 Å². The summed E-state index contributed by atoms with van der Waals surface area (Å²) in [5.74, 6) is -0.194. The molecule has 0 fully saturated rings. The van der Waals surface area contributed by atoms with Gasteiger partial charge in [-0.05, 0) is 54.6 Å². The molecule has 0 saturated heterocycles. The zero-order chi connectivity index (χ0) is 24.1. The number of aromatic nitrogens is 1. The summed E-state index contributed by atoms with van der Waals surface area (Å²) < 4.78 is 0. The number of carbonyl (C=O) groups excluding carboxylic acids is 2. The van der Waals surface area contributed by atoms with Crippen molar-refractivity contribution in [2.75, 3.05) is 16.4 Å². The van der Waals surface area contributed by atoms with Gasteiger partial charge in [-0.1, -0.05) is 46.9 Å². The van der Waals surface area contributed by atoms with Crippen molar-refractivity contribution < 1.29 is 9.59 Å². The molecule has 2 N–H and O–H groups in total. The molecule has 3 aromatic carbocycles. The van der Waals surface area contributed by atoms with E-state index in [1.165, 1.54) is 23.1 Å². The van der Waals surface area contributed by atoms with Crippen LogP contribution >= 0.6 is 57.9 Å². The molecule has 10 heteroatoms. The number of nitrogens with zero attached hydrogens (tertiary/aromatic N) is 1. The third-order valence-corrected chi connectivity index (χ3v) is 7.28. The van der Waals surface area contributed by atoms with Gasteiger partial charge < -0.3 is 10.6 Å². The predicted octanol–water partition coefficient (Wildman–Crippen LogP) is 7.75. The Morgan fingerprint density at radius 1 is 0.912 bits per heavy atom. The first kappa shape index (κ1) is 24.6. The fourth-order valence-corrected chi connectivity index (χ4v) is 4.81. The van der Waals surface area contributed by atoms with Gasteiger partial charge in [0.1, 0.15) is 0 Å². The van der Waals surface area contributed by atoms with Gasteiger partial charge in [0.05, 0.1) is 21.5 Å². The molecule has 4 aromatic rings. The van der Waals surface area contributed by atoms with Crippen LogP contribution in [0, 0.1) is 0 Å². The number of thioether (sulfide) groups is 1. The Morgan fingerprint density at radius 3 is 2.44 bits per heavy atom. The van der Waals surface area contributed by atoms with Gasteiger partial charge >= 0.3 is 0 Å². The van der Waals surface area contributed by atoms with E-state index in [2.05, 4.69) is 15.6 Å². The second-order valence-electron chi connectivity index (χ2n) is 6.99. The van der Waals surface area contributed by atoms with Crippen LogP contribution in [-0.4, -0.2) is 22.6 Å². The fraction of sp³-hybridized carbons (Fsp3) is 0.0417. The predicted molar refractivity (Wildman–Crippen MR) is 143 cm³/mol. The highest BCUT2D eigenvalue weighted by Gasteiger charge is 2.11. The monoisotopic (exact) mass is 547 g/mol. The normalized spacial score (nSPS) is 10.7. The van der Waals surface area contributed by atoms with Crippen molar-refractivity contribution in [2.24, 2.45) is 0 Å². The summed E-state index contributed by atoms with van der Waals surface area (Å²) in [4.78, 5) is 30.0. The van der Waals surface area contributed by atoms with Crippen molar-refractivity contribution in [3.05, 3.63) is 92.7 Å². The molecule has 0 saturated carbocycles. The van der Waals surface area contributed by atoms with Gasteiger partial charge in [0, 0.05) is 32.1 Å². The Balaban J connectivity index is 1.28. The van der Waals surface area contributed by atoms with Gasteiger partial charge in [-0.15, -0.1) is 23.1 Å². The molecule has 4 rings (SSSR count). The highest BCUT2D eigenvalue weighted by atomic mass is 35.5. The molecule has 0 aliphatic carbocycles. The molecule has 2 amide bonds. The van der Waals surface area contributed by atoms with E-state index in [1.807, 2.05) is 23.6 Å². The molecule has 1 aromatic heterocycles. The molecule has 1 heterocycles. The second-order valence-corrected chi connectivity index (χ2v) is 10.2. The van der Waals surface area contributed by atoms with Crippen LogP contribution in [0.1, 0.15) is 10.4 Å². The van der Waals surface area contributed by atoms with E-state index in [0.717, 1.165) is 10.5 Å². The molecule has 172 valence electrons. The van der Waals surface area contributed by atoms with E-state index in [4.69, 9.17) is 34.8 Å². The maximum absolute atomic E-state index is 12.4. The highest BCUT2D eigenvalue weighted by molar-refractivity contribution is 8.00. The van der Waals surface area contributed by atoms with Crippen LogP contribution < -0.4 is 10.6 Å². The number of halogens is 3. The number of hydrogen-bond donors (Lipinski definition) is 2. The van der Waals surface area contributed by atoms with Crippen molar-refractivity contribution in [1.82, 2.24) is 4.98 Å². The average Bonchev–Trinajstić information content (AvgIpc) is 3.29. The van der Waals surface area contributed by atoms with Crippen LogP contribution in [0.15, 0.2) is 77.0 Å². The summed E-state index contributed by atoms with van der Waals surface area (Å²) in [6.07, 6.45) is 0. The quantitative estimate of drug-likeness (QED) is 0.232. The third kappa shape index (κ3) is 6.52. The highest BCUT2D eigenvalue weighted by Crippen LogP contribution is 2.30. The molecular weight excluding hydrogens is 533 g/mol. The fourth-order valence-electron chi connectivity index (χ4n) is 2.89. The van der Waals surface area contributed by atoms with Gasteiger partial charge in [0.15, 0.2) is 5.13 Å². The van der Waals surface area contributed by atoms with E-state index in [9.17, 15) is 9.59 Å². The first-order chi connectivity index (χ1) is 16.4. The van der Waals surface area contributed by atoms with E-state index < -0.39 is 0 Å². The van der Waals surface area contributed by atoms with E-state index in [1.54, 1.807) is 48.5 Å². The average molecular weight is 549 g/mol. The third-order valence-electron chi connectivity index (χ3n) is 4.53. The lowest BCUT2D eigenvalue weighted by molar-refractivity contribution is -0.113. The number of amides is 2. The van der Waals surface area contributed by atoms with Gasteiger partial charge in [-0.2, -0.15) is 0 Å². The number of hydrogen-bond acceptors (Lipinski definition) is 5. The first-order valence-corrected chi connectivity index (χ1v) is 12.9. The van der Waals surface area contributed by atoms with E-state index in [-0.39, 0.29) is 17.6 Å². The maximum atomic E-state index is 12.4. The largest absolute Gasteiger partial charge is 0.322 e. The Morgan fingerprint density at radius 2 is 1.71 bits per heavy atom. The van der Waals surface area contributed by atoms with Gasteiger partial charge in [0.2, 0.25) is 5.91 Å². The number of thiazole rings is 1. The molecule has 0 aliphatic rings. The molecule has 0 unspecified atom stereocenters. The van der Waals surface area contributed by atoms with Crippen molar-refractivity contribution in [3.63, 3.8) is 0 Å². The van der Waals surface area contributed by atoms with Gasteiger partial charge in [-0.3, -0.25) is 9.59 Å². The van der Waals surface area contributed by atoms with E-state index >= 15 is 0 Å². The lowest BCUT2D eigenvalue weighted by atomic mass is 10.2. The zero-order valence-electron chi connectivity index (χ0n) is 17.3. The standard InChI is InChI=1S/C24H16Cl3N3O2S2/c25-16-3-1-2-15(10-16)23(32)28-17-5-7-18(8-6-17)33-13-22(31)30-24-29-21(12-34-24)14-4-9-19(26)20(27)11-14/h1-12H,13H2,(H,28,32)(H,29,30,31). The summed E-state index contributed by atoms with van der Waals surface area (Å²) in [5, 5.41) is 9.41. The van der Waals surface area contributed by atoms with Crippen LogP contribution in [0.3, 0.4) is 0 Å². The number of carbonyl (C=O) groups is 2. The molecule has 0 atom stereocenters. The summed E-state index contributed by atoms with van der Waals surface area (Å²) in [6.45, 7) is 0. The van der Waals surface area contributed by atoms with Crippen molar-refractivity contribution in [3.8, 4) is 11.3 Å². The Labute approximate surface area is 219 Å². The molecule has 0 spiro atoms. The summed E-state index contributed by atoms with van der Waals surface area (Å²) in [5.41, 5.74) is 2.66. The minimum atomic E-state index is -0.244. The van der Waals surface area contributed by atoms with Crippen LogP contribution in [-0.2, 0) is 4.79 Å². The topological polar surface area (TPSA) is 71.1 Å². The number of benzene rings is 3. The Bertz CT molecular complexity index is 1340. The van der Waals surface area contributed by atoms with Crippen LogP contribution in [0.5, 0.6) is 0 Å². The van der Waals surface area contributed by atoms with Crippen molar-refractivity contribution in [2.45, 2.75) is 4.90 Å². The van der Waals surface area contributed by atoms with Gasteiger partial charge in [-0.25, -0.2) is 4.98 Å². The van der Waals surface area contributed by atoms with Crippen molar-refractivity contribution in [1.29, 1.82) is 0 Å². The van der Waals surface area contributed by atoms with Crippen LogP contribution in [0.4, 0.5) is 10.8 Å². The maximum Gasteiger partial charge on any atom is 0.255 e. The number of anilines is 2. The minimum Gasteiger partial charge on any atom is -0.322 e. The van der Waals surface area contributed by atoms with Crippen LogP contribution in [0.2, 0.25) is 15.1 Å². The lowest BCUT2D eigenvalue weighted by Gasteiger charge is -2.07. The molecular formula is C24H16Cl3N3O2S2. The minimum absolute atomic E-state index is 0.168. The molecule has 0 aliphatic heterocycles. The lowest BCUT2D eigenvalue weighted by Crippen LogP contribution is -2.13. The SMILES string of the molecule is O=C(CSc1ccc(NC(=O)c2cccc(Cl)c2)cc1)Nc1nc(-c2ccc(Cl)c(Cl)c2)cs1. The van der Waals surface area contributed by atoms with Crippen molar-refractivity contribution >= 4 is 80.5 Å². The first-order valence-electron chi connectivity index (χ1n) is 9.88. The Kier molecular flexibility index (Phi) is 8.13. The van der Waals surface area contributed by atoms with Gasteiger partial charge in [0.25, 0.3) is 5.91 Å². The van der Waals surface area contributed by atoms with Crippen LogP contribution in [0.25, 0.3) is 11.3 Å². The number of nitrogens with one attached hydrogen (secondary N) is 2. The molecule has 0 bridgehead atoms. The zero-order valence-corrected chi connectivity index (χ0v) is 21.3. The smallest absolute Gasteiger partial charge is 0.255 e. The molecule has 0 radical (unpaired) electrons. The summed E-state index contributed by atoms with van der Waals surface area (Å²) in [7, 11) is 0. The summed E-state index contributed by atoms with van der Waals surface area (Å²) >= 11 is 20.7. The summed E-state index contributed by atoms with van der Waals surface area (Å²) in [6, 6.07) is 19.3. The second kappa shape index (κ2) is 11.3. The Hall–Kier alpha value is -2.55. The number of rotatable bonds is 7. The molecule has 5 nitrogen and oxygen atoms in total.